The Balaban J connectivity index is 1.46. The largest absolute Gasteiger partial charge is 0.378 e. The molecule has 0 spiro atoms. The van der Waals surface area contributed by atoms with Gasteiger partial charge in [0.15, 0.2) is 5.82 Å². The van der Waals surface area contributed by atoms with Crippen molar-refractivity contribution in [3.8, 4) is 5.82 Å². The van der Waals surface area contributed by atoms with Crippen LogP contribution in [-0.2, 0) is 4.74 Å². The van der Waals surface area contributed by atoms with E-state index in [0.717, 1.165) is 23.6 Å². The zero-order valence-electron chi connectivity index (χ0n) is 15.8. The predicted octanol–water partition coefficient (Wildman–Crippen LogP) is 2.34. The first-order chi connectivity index (χ1) is 13.1. The van der Waals surface area contributed by atoms with Gasteiger partial charge >= 0.3 is 6.03 Å². The summed E-state index contributed by atoms with van der Waals surface area (Å²) in [7, 11) is 0. The Morgan fingerprint density at radius 1 is 1.22 bits per heavy atom. The molecule has 0 bridgehead atoms. The van der Waals surface area contributed by atoms with Crippen LogP contribution in [0, 0.1) is 13.8 Å². The lowest BCUT2D eigenvalue weighted by atomic mass is 9.96. The van der Waals surface area contributed by atoms with E-state index in [0.29, 0.717) is 26.3 Å². The number of morpholine rings is 1. The molecule has 3 heterocycles. The van der Waals surface area contributed by atoms with Crippen molar-refractivity contribution in [1.82, 2.24) is 25.0 Å². The van der Waals surface area contributed by atoms with E-state index in [1.165, 1.54) is 5.56 Å². The van der Waals surface area contributed by atoms with Crippen molar-refractivity contribution in [2.24, 2.45) is 0 Å². The second-order valence-corrected chi connectivity index (χ2v) is 7.07. The number of hydrogen-bond donors (Lipinski definition) is 1. The molecule has 1 saturated heterocycles. The van der Waals surface area contributed by atoms with Gasteiger partial charge in [-0.15, -0.1) is 0 Å². The van der Waals surface area contributed by atoms with Crippen molar-refractivity contribution in [1.29, 1.82) is 0 Å². The summed E-state index contributed by atoms with van der Waals surface area (Å²) < 4.78 is 7.21. The first-order valence-corrected chi connectivity index (χ1v) is 9.42. The minimum Gasteiger partial charge on any atom is -0.378 e. The van der Waals surface area contributed by atoms with Crippen molar-refractivity contribution >= 4 is 6.03 Å². The van der Waals surface area contributed by atoms with E-state index in [9.17, 15) is 4.79 Å². The molecule has 7 nitrogen and oxygen atoms in total. The molecule has 0 saturated carbocycles. The predicted molar refractivity (Wildman–Crippen MR) is 102 cm³/mol. The molecule has 2 aliphatic rings. The number of carbonyl (C=O) groups excluding carboxylic acids is 1. The summed E-state index contributed by atoms with van der Waals surface area (Å²) in [6.07, 6.45) is 6.91. The van der Waals surface area contributed by atoms with Crippen LogP contribution in [0.15, 0.2) is 36.5 Å². The highest BCUT2D eigenvalue weighted by Crippen LogP contribution is 2.33. The number of nitrogens with zero attached hydrogens (tertiary/aromatic N) is 4. The molecular weight excluding hydrogens is 342 g/mol. The summed E-state index contributed by atoms with van der Waals surface area (Å²) in [5, 5.41) is 7.83. The van der Waals surface area contributed by atoms with Gasteiger partial charge in [0.2, 0.25) is 0 Å². The van der Waals surface area contributed by atoms with Gasteiger partial charge in [0.25, 0.3) is 0 Å². The lowest BCUT2D eigenvalue weighted by Gasteiger charge is -2.28. The molecule has 2 amide bonds. The van der Waals surface area contributed by atoms with Gasteiger partial charge in [0.1, 0.15) is 0 Å². The second kappa shape index (κ2) is 7.52. The normalized spacial score (nSPS) is 22.2. The van der Waals surface area contributed by atoms with Crippen LogP contribution >= 0.6 is 0 Å². The van der Waals surface area contributed by atoms with Crippen LogP contribution in [0.3, 0.4) is 0 Å². The lowest BCUT2D eigenvalue weighted by molar-refractivity contribution is 0.0528. The Kier molecular flexibility index (Phi) is 4.94. The molecule has 27 heavy (non-hydrogen) atoms. The molecule has 1 N–H and O–H groups in total. The van der Waals surface area contributed by atoms with Gasteiger partial charge < -0.3 is 15.0 Å². The van der Waals surface area contributed by atoms with Gasteiger partial charge in [-0.05, 0) is 32.4 Å². The molecule has 2 aromatic heterocycles. The lowest BCUT2D eigenvalue weighted by Crippen LogP contribution is -2.48. The third-order valence-electron chi connectivity index (χ3n) is 5.28. The Labute approximate surface area is 159 Å². The zero-order valence-corrected chi connectivity index (χ0v) is 15.8. The summed E-state index contributed by atoms with van der Waals surface area (Å²) >= 11 is 0. The van der Waals surface area contributed by atoms with Gasteiger partial charge in [0.05, 0.1) is 18.9 Å². The average Bonchev–Trinajstić information content (AvgIpc) is 3.26. The fraction of sp³-hybridized carbons (Fsp3) is 0.450. The van der Waals surface area contributed by atoms with E-state index in [4.69, 9.17) is 9.84 Å². The standard InChI is InChI=1S/C20H25N5O2/c1-14-19(15(2)25(23-14)18-5-3-4-8-21-18)16-6-7-17(13-16)22-20(26)24-9-11-27-12-10-24/h3-8,16-17H,9-13H2,1-2H3,(H,22,26). The summed E-state index contributed by atoms with van der Waals surface area (Å²) in [5.41, 5.74) is 3.33. The number of pyridine rings is 1. The highest BCUT2D eigenvalue weighted by molar-refractivity contribution is 5.75. The highest BCUT2D eigenvalue weighted by atomic mass is 16.5. The summed E-state index contributed by atoms with van der Waals surface area (Å²) in [4.78, 5) is 18.6. The van der Waals surface area contributed by atoms with Gasteiger partial charge in [-0.1, -0.05) is 18.2 Å². The highest BCUT2D eigenvalue weighted by Gasteiger charge is 2.28. The van der Waals surface area contributed by atoms with Gasteiger partial charge in [-0.25, -0.2) is 14.5 Å². The number of hydrogen-bond acceptors (Lipinski definition) is 4. The number of amides is 2. The van der Waals surface area contributed by atoms with Crippen LogP contribution in [0.2, 0.25) is 0 Å². The maximum atomic E-state index is 12.4. The number of allylic oxidation sites excluding steroid dienone is 1. The number of urea groups is 1. The molecule has 1 aliphatic carbocycles. The van der Waals surface area contributed by atoms with Crippen LogP contribution in [0.1, 0.15) is 29.3 Å². The second-order valence-electron chi connectivity index (χ2n) is 7.07. The van der Waals surface area contributed by atoms with E-state index < -0.39 is 0 Å². The number of aromatic nitrogens is 3. The minimum absolute atomic E-state index is 0.00813. The average molecular weight is 367 g/mol. The zero-order chi connectivity index (χ0) is 18.8. The number of rotatable bonds is 3. The number of aryl methyl sites for hydroxylation is 1. The molecule has 2 unspecified atom stereocenters. The fourth-order valence-corrected chi connectivity index (χ4v) is 3.93. The van der Waals surface area contributed by atoms with Crippen LogP contribution in [-0.4, -0.2) is 58.0 Å². The molecular formula is C20H25N5O2. The third-order valence-corrected chi connectivity index (χ3v) is 5.28. The molecule has 1 aliphatic heterocycles. The van der Waals surface area contributed by atoms with E-state index in [2.05, 4.69) is 29.4 Å². The quantitative estimate of drug-likeness (QED) is 0.845. The van der Waals surface area contributed by atoms with Gasteiger partial charge in [-0.3, -0.25) is 0 Å². The van der Waals surface area contributed by atoms with Crippen LogP contribution in [0.25, 0.3) is 5.82 Å². The smallest absolute Gasteiger partial charge is 0.318 e. The number of ether oxygens (including phenoxy) is 1. The summed E-state index contributed by atoms with van der Waals surface area (Å²) in [6.45, 7) is 6.65. The Morgan fingerprint density at radius 3 is 2.78 bits per heavy atom. The Hall–Kier alpha value is -2.67. The Morgan fingerprint density at radius 2 is 2.04 bits per heavy atom. The first kappa shape index (κ1) is 17.7. The molecule has 0 aromatic carbocycles. The molecule has 7 heteroatoms. The van der Waals surface area contributed by atoms with Crippen LogP contribution < -0.4 is 5.32 Å². The third kappa shape index (κ3) is 3.60. The molecule has 0 radical (unpaired) electrons. The first-order valence-electron chi connectivity index (χ1n) is 9.42. The summed E-state index contributed by atoms with van der Waals surface area (Å²) in [5.74, 6) is 1.07. The van der Waals surface area contributed by atoms with Crippen molar-refractivity contribution in [2.75, 3.05) is 26.3 Å². The Bertz CT molecular complexity index is 840. The molecule has 4 rings (SSSR count). The molecule has 2 atom stereocenters. The fourth-order valence-electron chi connectivity index (χ4n) is 3.93. The van der Waals surface area contributed by atoms with Crippen molar-refractivity contribution in [3.63, 3.8) is 0 Å². The SMILES string of the molecule is Cc1nn(-c2ccccn2)c(C)c1C1C=CC(NC(=O)N2CCOCC2)C1. The molecule has 1 fully saturated rings. The van der Waals surface area contributed by atoms with Crippen molar-refractivity contribution in [2.45, 2.75) is 32.2 Å². The number of carbonyl (C=O) groups is 1. The maximum absolute atomic E-state index is 12.4. The topological polar surface area (TPSA) is 72.3 Å². The van der Waals surface area contributed by atoms with E-state index in [1.807, 2.05) is 34.7 Å². The summed E-state index contributed by atoms with van der Waals surface area (Å²) in [6, 6.07) is 5.86. The van der Waals surface area contributed by atoms with Crippen LogP contribution in [0.4, 0.5) is 4.79 Å². The maximum Gasteiger partial charge on any atom is 0.318 e. The minimum atomic E-state index is -0.00813. The van der Waals surface area contributed by atoms with E-state index in [1.54, 1.807) is 6.20 Å². The van der Waals surface area contributed by atoms with E-state index in [-0.39, 0.29) is 18.0 Å². The van der Waals surface area contributed by atoms with Crippen molar-refractivity contribution in [3.05, 3.63) is 53.5 Å². The van der Waals surface area contributed by atoms with Crippen LogP contribution in [0.5, 0.6) is 0 Å². The number of nitrogens with one attached hydrogen (secondary N) is 1. The monoisotopic (exact) mass is 367 g/mol. The molecule has 2 aromatic rings. The molecule has 142 valence electrons. The van der Waals surface area contributed by atoms with E-state index >= 15 is 0 Å². The van der Waals surface area contributed by atoms with Gasteiger partial charge in [0, 0.05) is 42.5 Å². The van der Waals surface area contributed by atoms with Gasteiger partial charge in [-0.2, -0.15) is 5.10 Å². The van der Waals surface area contributed by atoms with Crippen molar-refractivity contribution < 1.29 is 9.53 Å².